The number of carbonyl (C=O) groups is 1. The van der Waals surface area contributed by atoms with Crippen LogP contribution in [0.15, 0.2) is 42.5 Å². The van der Waals surface area contributed by atoms with E-state index in [1.165, 1.54) is 12.1 Å². The number of fused-ring (bicyclic) bond motifs is 1. The lowest BCUT2D eigenvalue weighted by molar-refractivity contribution is -0.120. The van der Waals surface area contributed by atoms with Crippen LogP contribution in [0.3, 0.4) is 0 Å². The van der Waals surface area contributed by atoms with Crippen LogP contribution < -0.4 is 5.32 Å². The Kier molecular flexibility index (Phi) is 2.85. The van der Waals surface area contributed by atoms with Crippen LogP contribution in [0.5, 0.6) is 0 Å². The van der Waals surface area contributed by atoms with Gasteiger partial charge in [0.1, 0.15) is 5.82 Å². The summed E-state index contributed by atoms with van der Waals surface area (Å²) in [5.74, 6) is -0.398. The van der Waals surface area contributed by atoms with E-state index in [4.69, 9.17) is 0 Å². The topological polar surface area (TPSA) is 29.1 Å². The number of amides is 1. The molecule has 1 aliphatic heterocycles. The molecule has 0 radical (unpaired) electrons. The highest BCUT2D eigenvalue weighted by molar-refractivity contribution is 6.06. The van der Waals surface area contributed by atoms with Crippen molar-refractivity contribution in [3.8, 4) is 0 Å². The molecule has 0 bridgehead atoms. The summed E-state index contributed by atoms with van der Waals surface area (Å²) in [6.07, 6.45) is 0.615. The molecule has 0 fully saturated rings. The first-order chi connectivity index (χ1) is 9.50. The first-order valence-electron chi connectivity index (χ1n) is 6.67. The van der Waals surface area contributed by atoms with Gasteiger partial charge in [0.05, 0.1) is 5.41 Å². The lowest BCUT2D eigenvalue weighted by Crippen LogP contribution is -2.33. The number of halogens is 1. The average Bonchev–Trinajstić information content (AvgIpc) is 2.64. The number of hydrogen-bond acceptors (Lipinski definition) is 1. The minimum absolute atomic E-state index is 0.0682. The summed E-state index contributed by atoms with van der Waals surface area (Å²) < 4.78 is 13.3. The second-order valence-corrected chi connectivity index (χ2v) is 5.58. The highest BCUT2D eigenvalue weighted by Gasteiger charge is 2.42. The minimum Gasteiger partial charge on any atom is -0.325 e. The van der Waals surface area contributed by atoms with Crippen molar-refractivity contribution in [1.29, 1.82) is 0 Å². The molecule has 1 amide bonds. The van der Waals surface area contributed by atoms with Crippen LogP contribution in [0, 0.1) is 12.7 Å². The summed E-state index contributed by atoms with van der Waals surface area (Å²) >= 11 is 0. The number of carbonyl (C=O) groups excluding carboxylic acids is 1. The maximum atomic E-state index is 13.3. The molecule has 0 aromatic heterocycles. The molecule has 3 heteroatoms. The third-order valence-corrected chi connectivity index (χ3v) is 4.13. The Bertz CT molecular complexity index is 695. The Balaban J connectivity index is 2.05. The molecule has 0 saturated heterocycles. The van der Waals surface area contributed by atoms with Crippen LogP contribution in [-0.4, -0.2) is 5.91 Å². The van der Waals surface area contributed by atoms with E-state index in [1.807, 2.05) is 38.1 Å². The van der Waals surface area contributed by atoms with Gasteiger partial charge in [-0.2, -0.15) is 0 Å². The van der Waals surface area contributed by atoms with Crippen molar-refractivity contribution < 1.29 is 9.18 Å². The minimum atomic E-state index is -0.644. The summed E-state index contributed by atoms with van der Waals surface area (Å²) in [5.41, 5.74) is 3.12. The molecule has 3 rings (SSSR count). The number of rotatable bonds is 2. The van der Waals surface area contributed by atoms with Crippen LogP contribution in [-0.2, 0) is 16.6 Å². The second-order valence-electron chi connectivity index (χ2n) is 5.58. The lowest BCUT2D eigenvalue weighted by Gasteiger charge is -2.23. The molecule has 1 aliphatic rings. The van der Waals surface area contributed by atoms with Crippen molar-refractivity contribution in [3.63, 3.8) is 0 Å². The average molecular weight is 269 g/mol. The van der Waals surface area contributed by atoms with E-state index < -0.39 is 5.41 Å². The van der Waals surface area contributed by atoms with Crippen molar-refractivity contribution in [2.45, 2.75) is 25.7 Å². The Labute approximate surface area is 117 Å². The van der Waals surface area contributed by atoms with Crippen molar-refractivity contribution in [2.75, 3.05) is 5.32 Å². The molecule has 0 saturated carbocycles. The molecular formula is C17H16FNO. The van der Waals surface area contributed by atoms with Gasteiger partial charge in [-0.3, -0.25) is 4.79 Å². The zero-order valence-corrected chi connectivity index (χ0v) is 11.5. The van der Waals surface area contributed by atoms with E-state index in [9.17, 15) is 9.18 Å². The standard InChI is InChI=1S/C17H16FNO/c1-11-5-3-4-6-12(11)10-17(2)14-8-7-13(18)9-15(14)19-16(17)20/h3-9H,10H2,1-2H3,(H,19,20). The van der Waals surface area contributed by atoms with Crippen molar-refractivity contribution >= 4 is 11.6 Å². The van der Waals surface area contributed by atoms with E-state index in [1.54, 1.807) is 6.07 Å². The summed E-state index contributed by atoms with van der Waals surface area (Å²) in [6.45, 7) is 3.95. The zero-order chi connectivity index (χ0) is 14.3. The van der Waals surface area contributed by atoms with Gasteiger partial charge in [0, 0.05) is 5.69 Å². The summed E-state index contributed by atoms with van der Waals surface area (Å²) in [4.78, 5) is 12.3. The molecule has 1 atom stereocenters. The molecule has 0 spiro atoms. The Hall–Kier alpha value is -2.16. The first kappa shape index (κ1) is 12.9. The molecule has 2 aromatic carbocycles. The van der Waals surface area contributed by atoms with Gasteiger partial charge in [0.25, 0.3) is 0 Å². The van der Waals surface area contributed by atoms with E-state index in [2.05, 4.69) is 5.32 Å². The molecule has 0 aliphatic carbocycles. The predicted octanol–water partition coefficient (Wildman–Crippen LogP) is 3.59. The van der Waals surface area contributed by atoms with Gasteiger partial charge in [0.2, 0.25) is 5.91 Å². The van der Waals surface area contributed by atoms with E-state index >= 15 is 0 Å². The van der Waals surface area contributed by atoms with Gasteiger partial charge in [-0.05, 0) is 49.1 Å². The fraction of sp³-hybridized carbons (Fsp3) is 0.235. The normalized spacial score (nSPS) is 20.6. The van der Waals surface area contributed by atoms with Gasteiger partial charge in [-0.1, -0.05) is 30.3 Å². The van der Waals surface area contributed by atoms with Gasteiger partial charge in [0.15, 0.2) is 0 Å². The number of anilines is 1. The molecule has 2 nitrogen and oxygen atoms in total. The maximum absolute atomic E-state index is 13.3. The molecule has 102 valence electrons. The van der Waals surface area contributed by atoms with Crippen LogP contribution >= 0.6 is 0 Å². The van der Waals surface area contributed by atoms with Crippen LogP contribution in [0.25, 0.3) is 0 Å². The second kappa shape index (κ2) is 4.44. The lowest BCUT2D eigenvalue weighted by atomic mass is 9.77. The summed E-state index contributed by atoms with van der Waals surface area (Å²) in [7, 11) is 0. The molecular weight excluding hydrogens is 253 g/mol. The number of nitrogens with one attached hydrogen (secondary N) is 1. The SMILES string of the molecule is Cc1ccccc1CC1(C)C(=O)Nc2cc(F)ccc21. The predicted molar refractivity (Wildman–Crippen MR) is 77.3 cm³/mol. The number of aryl methyl sites for hydroxylation is 1. The van der Waals surface area contributed by atoms with Crippen molar-refractivity contribution in [2.24, 2.45) is 0 Å². The zero-order valence-electron chi connectivity index (χ0n) is 11.5. The quantitative estimate of drug-likeness (QED) is 0.887. The Morgan fingerprint density at radius 2 is 1.95 bits per heavy atom. The highest BCUT2D eigenvalue weighted by atomic mass is 19.1. The van der Waals surface area contributed by atoms with Gasteiger partial charge >= 0.3 is 0 Å². The van der Waals surface area contributed by atoms with Crippen LogP contribution in [0.1, 0.15) is 23.6 Å². The first-order valence-corrected chi connectivity index (χ1v) is 6.67. The van der Waals surface area contributed by atoms with Crippen LogP contribution in [0.4, 0.5) is 10.1 Å². The monoisotopic (exact) mass is 269 g/mol. The number of benzene rings is 2. The smallest absolute Gasteiger partial charge is 0.235 e. The van der Waals surface area contributed by atoms with Gasteiger partial charge in [-0.15, -0.1) is 0 Å². The molecule has 1 heterocycles. The maximum Gasteiger partial charge on any atom is 0.235 e. The van der Waals surface area contributed by atoms with Gasteiger partial charge < -0.3 is 5.32 Å². The molecule has 20 heavy (non-hydrogen) atoms. The highest BCUT2D eigenvalue weighted by Crippen LogP contribution is 2.40. The summed E-state index contributed by atoms with van der Waals surface area (Å²) in [5, 5.41) is 2.79. The third kappa shape index (κ3) is 1.90. The summed E-state index contributed by atoms with van der Waals surface area (Å²) in [6, 6.07) is 12.5. The molecule has 2 aromatic rings. The fourth-order valence-corrected chi connectivity index (χ4v) is 2.85. The Morgan fingerprint density at radius 1 is 1.20 bits per heavy atom. The van der Waals surface area contributed by atoms with E-state index in [-0.39, 0.29) is 11.7 Å². The van der Waals surface area contributed by atoms with Crippen LogP contribution in [0.2, 0.25) is 0 Å². The van der Waals surface area contributed by atoms with E-state index in [0.29, 0.717) is 12.1 Å². The largest absolute Gasteiger partial charge is 0.325 e. The van der Waals surface area contributed by atoms with Crippen molar-refractivity contribution in [1.82, 2.24) is 0 Å². The fourth-order valence-electron chi connectivity index (χ4n) is 2.85. The third-order valence-electron chi connectivity index (χ3n) is 4.13. The Morgan fingerprint density at radius 3 is 2.70 bits per heavy atom. The van der Waals surface area contributed by atoms with E-state index in [0.717, 1.165) is 16.7 Å². The molecule has 1 N–H and O–H groups in total. The van der Waals surface area contributed by atoms with Crippen molar-refractivity contribution in [3.05, 3.63) is 65.0 Å². The number of hydrogen-bond donors (Lipinski definition) is 1. The van der Waals surface area contributed by atoms with Gasteiger partial charge in [-0.25, -0.2) is 4.39 Å². The molecule has 1 unspecified atom stereocenters.